The highest BCUT2D eigenvalue weighted by Crippen LogP contribution is 2.40. The zero-order valence-electron chi connectivity index (χ0n) is 22.4. The molecule has 41 heavy (non-hydrogen) atoms. The van der Waals surface area contributed by atoms with Crippen molar-refractivity contribution in [3.63, 3.8) is 0 Å². The Morgan fingerprint density at radius 2 is 1.90 bits per heavy atom. The summed E-state index contributed by atoms with van der Waals surface area (Å²) in [5, 5.41) is 20.6. The molecule has 210 valence electrons. The van der Waals surface area contributed by atoms with E-state index in [1.165, 1.54) is 23.5 Å². The van der Waals surface area contributed by atoms with Crippen molar-refractivity contribution in [2.24, 2.45) is 0 Å². The number of anilines is 3. The van der Waals surface area contributed by atoms with Gasteiger partial charge in [-0.2, -0.15) is 5.26 Å². The summed E-state index contributed by atoms with van der Waals surface area (Å²) in [5.74, 6) is -0.797. The summed E-state index contributed by atoms with van der Waals surface area (Å²) in [4.78, 5) is 36.3. The molecular weight excluding hydrogens is 545 g/mol. The second-order valence-corrected chi connectivity index (χ2v) is 11.3. The van der Waals surface area contributed by atoms with Crippen LogP contribution in [0.5, 0.6) is 0 Å². The van der Waals surface area contributed by atoms with Gasteiger partial charge >= 0.3 is 0 Å². The number of nitrogens with one attached hydrogen (secondary N) is 1. The fourth-order valence-corrected chi connectivity index (χ4v) is 6.12. The van der Waals surface area contributed by atoms with Crippen LogP contribution < -0.4 is 20.8 Å². The van der Waals surface area contributed by atoms with Crippen molar-refractivity contribution in [3.8, 4) is 17.3 Å². The third-order valence-electron chi connectivity index (χ3n) is 7.66. The van der Waals surface area contributed by atoms with Crippen LogP contribution in [0.2, 0.25) is 0 Å². The monoisotopic (exact) mass is 573 g/mol. The highest BCUT2D eigenvalue weighted by Gasteiger charge is 2.28. The molecule has 2 fully saturated rings. The van der Waals surface area contributed by atoms with Crippen LogP contribution in [0.4, 0.5) is 20.9 Å². The van der Waals surface area contributed by atoms with Crippen LogP contribution >= 0.6 is 11.3 Å². The molecule has 1 saturated heterocycles. The van der Waals surface area contributed by atoms with E-state index in [-0.39, 0.29) is 24.0 Å². The Morgan fingerprint density at radius 1 is 1.17 bits per heavy atom. The third-order valence-corrected chi connectivity index (χ3v) is 8.69. The molecule has 1 amide bonds. The normalized spacial score (nSPS) is 15.6. The first-order valence-electron chi connectivity index (χ1n) is 13.4. The molecule has 4 aromatic rings. The van der Waals surface area contributed by atoms with Gasteiger partial charge in [0.15, 0.2) is 5.13 Å². The van der Waals surface area contributed by atoms with Crippen molar-refractivity contribution in [2.45, 2.75) is 18.9 Å². The lowest BCUT2D eigenvalue weighted by Crippen LogP contribution is -2.49. The zero-order valence-corrected chi connectivity index (χ0v) is 23.2. The fraction of sp³-hybridized carbons (Fsp3) is 0.310. The van der Waals surface area contributed by atoms with E-state index in [1.807, 2.05) is 41.2 Å². The SMILES string of the molecule is CN(c1nc(-c2ccc(F)cc2)c(C#N)s1)c1cn(C2CC2)c(=O)c2ccc(N3CCN(CC(=O)NO)CC3)cc12. The van der Waals surface area contributed by atoms with E-state index in [4.69, 9.17) is 10.2 Å². The van der Waals surface area contributed by atoms with E-state index in [2.05, 4.69) is 11.0 Å². The summed E-state index contributed by atoms with van der Waals surface area (Å²) in [6, 6.07) is 14.2. The average Bonchev–Trinajstić information content (AvgIpc) is 3.75. The van der Waals surface area contributed by atoms with Gasteiger partial charge in [-0.15, -0.1) is 0 Å². The van der Waals surface area contributed by atoms with Crippen LogP contribution in [0.3, 0.4) is 0 Å². The molecule has 3 heterocycles. The molecule has 2 N–H and O–H groups in total. The number of halogens is 1. The van der Waals surface area contributed by atoms with Gasteiger partial charge in [0.05, 0.1) is 12.2 Å². The van der Waals surface area contributed by atoms with Gasteiger partial charge < -0.3 is 14.4 Å². The summed E-state index contributed by atoms with van der Waals surface area (Å²) in [6.07, 6.45) is 3.80. The number of hydroxylamine groups is 1. The van der Waals surface area contributed by atoms with Crippen LogP contribution in [-0.2, 0) is 4.79 Å². The van der Waals surface area contributed by atoms with Crippen LogP contribution in [0.15, 0.2) is 53.5 Å². The number of aromatic nitrogens is 2. The van der Waals surface area contributed by atoms with Crippen molar-refractivity contribution in [1.82, 2.24) is 19.9 Å². The summed E-state index contributed by atoms with van der Waals surface area (Å²) in [6.45, 7) is 2.82. The van der Waals surface area contributed by atoms with Gasteiger partial charge in [0.2, 0.25) is 0 Å². The quantitative estimate of drug-likeness (QED) is 0.253. The van der Waals surface area contributed by atoms with E-state index in [9.17, 15) is 19.2 Å². The van der Waals surface area contributed by atoms with Crippen LogP contribution in [0.25, 0.3) is 22.0 Å². The lowest BCUT2D eigenvalue weighted by Gasteiger charge is -2.35. The Bertz CT molecular complexity index is 1720. The minimum atomic E-state index is -0.437. The lowest BCUT2D eigenvalue weighted by atomic mass is 10.1. The molecule has 10 nitrogen and oxygen atoms in total. The average molecular weight is 574 g/mol. The number of pyridine rings is 1. The fourth-order valence-electron chi connectivity index (χ4n) is 5.25. The van der Waals surface area contributed by atoms with Crippen LogP contribution in [0.1, 0.15) is 23.8 Å². The number of rotatable bonds is 7. The molecule has 0 unspecified atom stereocenters. The number of hydrogen-bond acceptors (Lipinski definition) is 9. The Hall–Kier alpha value is -4.31. The molecule has 0 radical (unpaired) electrons. The van der Waals surface area contributed by atoms with Crippen LogP contribution in [0, 0.1) is 17.1 Å². The number of fused-ring (bicyclic) bond motifs is 1. The second kappa shape index (κ2) is 10.9. The van der Waals surface area contributed by atoms with Gasteiger partial charge in [0.1, 0.15) is 22.5 Å². The molecule has 0 atom stereocenters. The van der Waals surface area contributed by atoms with E-state index >= 15 is 0 Å². The number of benzene rings is 2. The maximum atomic E-state index is 13.5. The summed E-state index contributed by atoms with van der Waals surface area (Å²) >= 11 is 1.25. The van der Waals surface area contributed by atoms with E-state index in [1.54, 1.807) is 22.2 Å². The number of amides is 1. The first-order valence-corrected chi connectivity index (χ1v) is 14.2. The topological polar surface area (TPSA) is 118 Å². The summed E-state index contributed by atoms with van der Waals surface area (Å²) in [7, 11) is 1.88. The summed E-state index contributed by atoms with van der Waals surface area (Å²) < 4.78 is 15.3. The molecule has 6 rings (SSSR count). The Kier molecular flexibility index (Phi) is 7.17. The minimum Gasteiger partial charge on any atom is -0.369 e. The van der Waals surface area contributed by atoms with Crippen LogP contribution in [-0.4, -0.2) is 65.3 Å². The first kappa shape index (κ1) is 26.9. The molecule has 2 aromatic carbocycles. The number of nitriles is 1. The van der Waals surface area contributed by atoms with E-state index in [0.29, 0.717) is 52.8 Å². The number of nitrogens with zero attached hydrogens (tertiary/aromatic N) is 6. The van der Waals surface area contributed by atoms with Crippen molar-refractivity contribution in [2.75, 3.05) is 49.6 Å². The number of thiazole rings is 1. The van der Waals surface area contributed by atoms with Crippen molar-refractivity contribution in [1.29, 1.82) is 5.26 Å². The molecular formula is C29H28FN7O3S. The predicted octanol–water partition coefficient (Wildman–Crippen LogP) is 3.87. The smallest absolute Gasteiger partial charge is 0.258 e. The highest BCUT2D eigenvalue weighted by atomic mass is 32.1. The van der Waals surface area contributed by atoms with E-state index < -0.39 is 5.91 Å². The molecule has 1 saturated carbocycles. The minimum absolute atomic E-state index is 0.0325. The maximum absolute atomic E-state index is 13.5. The molecule has 1 aliphatic carbocycles. The number of carbonyl (C=O) groups excluding carboxylic acids is 1. The van der Waals surface area contributed by atoms with E-state index in [0.717, 1.165) is 29.6 Å². The van der Waals surface area contributed by atoms with Gasteiger partial charge in [0, 0.05) is 67.5 Å². The number of hydrogen-bond donors (Lipinski definition) is 2. The molecule has 2 aromatic heterocycles. The largest absolute Gasteiger partial charge is 0.369 e. The second-order valence-electron chi connectivity index (χ2n) is 10.3. The molecule has 0 spiro atoms. The zero-order chi connectivity index (χ0) is 28.7. The van der Waals surface area contributed by atoms with Gasteiger partial charge in [-0.05, 0) is 55.3 Å². The van der Waals surface area contributed by atoms with Crippen molar-refractivity contribution in [3.05, 3.63) is 69.7 Å². The van der Waals surface area contributed by atoms with Gasteiger partial charge in [0.25, 0.3) is 11.5 Å². The first-order chi connectivity index (χ1) is 19.9. The number of piperazine rings is 1. The standard InChI is InChI=1S/C29H28FN7O3S/c1-34(29-32-27(25(15-31)41-29)18-2-4-19(30)5-3-18)24-16-37(20-6-7-20)28(39)22-9-8-21(14-23(22)24)36-12-10-35(11-13-36)17-26(38)33-40/h2-5,8-9,14,16,20,40H,6-7,10-13,17H2,1H3,(H,33,38). The van der Waals surface area contributed by atoms with Gasteiger partial charge in [-0.1, -0.05) is 11.3 Å². The highest BCUT2D eigenvalue weighted by molar-refractivity contribution is 7.16. The Labute approximate surface area is 239 Å². The molecule has 0 bridgehead atoms. The number of carbonyl (C=O) groups is 1. The van der Waals surface area contributed by atoms with Crippen molar-refractivity contribution < 1.29 is 14.4 Å². The Balaban J connectivity index is 1.38. The Morgan fingerprint density at radius 3 is 2.56 bits per heavy atom. The third kappa shape index (κ3) is 5.27. The lowest BCUT2D eigenvalue weighted by molar-refractivity contribution is -0.130. The van der Waals surface area contributed by atoms with Crippen molar-refractivity contribution >= 4 is 44.5 Å². The maximum Gasteiger partial charge on any atom is 0.258 e. The summed E-state index contributed by atoms with van der Waals surface area (Å²) in [5.41, 5.74) is 4.56. The predicted molar refractivity (Wildman–Crippen MR) is 155 cm³/mol. The molecule has 1 aliphatic heterocycles. The van der Waals surface area contributed by atoms with Gasteiger partial charge in [-0.3, -0.25) is 19.7 Å². The molecule has 12 heteroatoms. The molecule has 2 aliphatic rings. The van der Waals surface area contributed by atoms with Gasteiger partial charge in [-0.25, -0.2) is 14.9 Å².